The van der Waals surface area contributed by atoms with Gasteiger partial charge in [0, 0.05) is 28.3 Å². The zero-order chi connectivity index (χ0) is 16.9. The minimum Gasteiger partial charge on any atom is -0.340 e. The van der Waals surface area contributed by atoms with Crippen LogP contribution in [0.3, 0.4) is 0 Å². The summed E-state index contributed by atoms with van der Waals surface area (Å²) in [7, 11) is 0. The third-order valence-electron chi connectivity index (χ3n) is 4.04. The van der Waals surface area contributed by atoms with E-state index in [1.165, 1.54) is 12.1 Å². The average Bonchev–Trinajstić information content (AvgIpc) is 3.06. The Bertz CT molecular complexity index is 914. The van der Waals surface area contributed by atoms with Gasteiger partial charge >= 0.3 is 6.18 Å². The Morgan fingerprint density at radius 3 is 2.54 bits per heavy atom. The van der Waals surface area contributed by atoms with E-state index in [0.717, 1.165) is 34.5 Å². The summed E-state index contributed by atoms with van der Waals surface area (Å²) in [6.45, 7) is 0. The number of hydrogen-bond acceptors (Lipinski definition) is 2. The van der Waals surface area contributed by atoms with E-state index in [-0.39, 0.29) is 0 Å². The monoisotopic (exact) mass is 349 g/mol. The van der Waals surface area contributed by atoms with Crippen LogP contribution in [-0.2, 0) is 12.6 Å². The lowest BCUT2D eigenvalue weighted by atomic mass is 10.1. The predicted molar refractivity (Wildman–Crippen MR) is 86.6 cm³/mol. The third kappa shape index (κ3) is 2.53. The van der Waals surface area contributed by atoms with Crippen LogP contribution in [0.4, 0.5) is 24.7 Å². The number of hydrogen-bond donors (Lipinski definition) is 2. The molecule has 24 heavy (non-hydrogen) atoms. The van der Waals surface area contributed by atoms with Crippen LogP contribution in [0.15, 0.2) is 42.5 Å². The van der Waals surface area contributed by atoms with Gasteiger partial charge in [-0.3, -0.25) is 5.10 Å². The molecule has 0 aliphatic heterocycles. The number of rotatable bonds is 2. The number of H-pyrrole nitrogens is 1. The second-order valence-corrected chi connectivity index (χ2v) is 6.04. The molecule has 0 atom stereocenters. The number of aromatic nitrogens is 2. The number of benzene rings is 2. The van der Waals surface area contributed by atoms with E-state index >= 15 is 0 Å². The van der Waals surface area contributed by atoms with E-state index in [9.17, 15) is 13.2 Å². The minimum absolute atomic E-state index is 0.559. The van der Waals surface area contributed by atoms with Crippen LogP contribution in [0.5, 0.6) is 0 Å². The summed E-state index contributed by atoms with van der Waals surface area (Å²) in [6.07, 6.45) is -3.67. The molecule has 0 bridgehead atoms. The molecule has 0 amide bonds. The number of anilines is 2. The van der Waals surface area contributed by atoms with E-state index in [2.05, 4.69) is 15.5 Å². The van der Waals surface area contributed by atoms with Gasteiger partial charge in [-0.2, -0.15) is 18.3 Å². The number of fused-ring (bicyclic) bond motifs is 3. The fraction of sp³-hybridized carbons (Fsp3) is 0.118. The summed E-state index contributed by atoms with van der Waals surface area (Å²) < 4.78 is 37.8. The highest BCUT2D eigenvalue weighted by molar-refractivity contribution is 6.30. The largest absolute Gasteiger partial charge is 0.416 e. The molecule has 0 fully saturated rings. The standard InChI is InChI=1S/C17H11ClF3N3/c18-11-3-6-13-9(7-11)8-14-15(13)23-24-16(14)22-12-4-1-10(2-5-12)17(19,20)21/h1-7H,8H2,(H2,22,23,24). The first kappa shape index (κ1) is 15.1. The number of nitrogens with one attached hydrogen (secondary N) is 2. The predicted octanol–water partition coefficient (Wildman–Crippen LogP) is 5.40. The summed E-state index contributed by atoms with van der Waals surface area (Å²) in [5.74, 6) is 0.678. The molecular weight excluding hydrogens is 339 g/mol. The van der Waals surface area contributed by atoms with Crippen molar-refractivity contribution in [3.05, 3.63) is 64.2 Å². The van der Waals surface area contributed by atoms with Crippen LogP contribution in [-0.4, -0.2) is 10.2 Å². The van der Waals surface area contributed by atoms with Crippen molar-refractivity contribution >= 4 is 23.1 Å². The van der Waals surface area contributed by atoms with Gasteiger partial charge in [0.1, 0.15) is 5.82 Å². The summed E-state index contributed by atoms with van der Waals surface area (Å²) in [4.78, 5) is 0. The van der Waals surface area contributed by atoms with Crippen molar-refractivity contribution in [1.29, 1.82) is 0 Å². The van der Waals surface area contributed by atoms with Gasteiger partial charge in [-0.1, -0.05) is 17.7 Å². The Labute approximate surface area is 140 Å². The van der Waals surface area contributed by atoms with Gasteiger partial charge in [-0.25, -0.2) is 0 Å². The molecule has 0 saturated heterocycles. The molecule has 4 rings (SSSR count). The molecule has 3 aromatic rings. The maximum atomic E-state index is 12.6. The summed E-state index contributed by atoms with van der Waals surface area (Å²) >= 11 is 6.02. The number of alkyl halides is 3. The molecule has 1 aromatic heterocycles. The van der Waals surface area contributed by atoms with Gasteiger partial charge in [0.05, 0.1) is 11.3 Å². The highest BCUT2D eigenvalue weighted by atomic mass is 35.5. The molecule has 1 heterocycles. The van der Waals surface area contributed by atoms with Gasteiger partial charge in [-0.05, 0) is 42.0 Å². The van der Waals surface area contributed by atoms with Gasteiger partial charge in [0.2, 0.25) is 0 Å². The van der Waals surface area contributed by atoms with Crippen LogP contribution >= 0.6 is 11.6 Å². The molecular formula is C17H11ClF3N3. The van der Waals surface area contributed by atoms with Crippen LogP contribution in [0.1, 0.15) is 16.7 Å². The van der Waals surface area contributed by atoms with E-state index in [0.29, 0.717) is 22.9 Å². The van der Waals surface area contributed by atoms with Crippen molar-refractivity contribution in [3.63, 3.8) is 0 Å². The van der Waals surface area contributed by atoms with Gasteiger partial charge in [0.15, 0.2) is 0 Å². The lowest BCUT2D eigenvalue weighted by Crippen LogP contribution is -2.04. The van der Waals surface area contributed by atoms with E-state index in [1.54, 1.807) is 0 Å². The smallest absolute Gasteiger partial charge is 0.340 e. The van der Waals surface area contributed by atoms with Crippen molar-refractivity contribution in [2.75, 3.05) is 5.32 Å². The Morgan fingerprint density at radius 2 is 1.83 bits per heavy atom. The van der Waals surface area contributed by atoms with Crippen LogP contribution < -0.4 is 5.32 Å². The molecule has 1 aliphatic carbocycles. The van der Waals surface area contributed by atoms with Crippen molar-refractivity contribution in [2.24, 2.45) is 0 Å². The first-order valence-electron chi connectivity index (χ1n) is 7.22. The van der Waals surface area contributed by atoms with E-state index < -0.39 is 11.7 Å². The van der Waals surface area contributed by atoms with Crippen molar-refractivity contribution in [2.45, 2.75) is 12.6 Å². The molecule has 0 radical (unpaired) electrons. The maximum absolute atomic E-state index is 12.6. The third-order valence-corrected chi connectivity index (χ3v) is 4.27. The Balaban J connectivity index is 1.61. The van der Waals surface area contributed by atoms with Crippen molar-refractivity contribution < 1.29 is 13.2 Å². The molecule has 3 nitrogen and oxygen atoms in total. The fourth-order valence-electron chi connectivity index (χ4n) is 2.88. The topological polar surface area (TPSA) is 40.7 Å². The molecule has 2 N–H and O–H groups in total. The molecule has 2 aromatic carbocycles. The zero-order valence-electron chi connectivity index (χ0n) is 12.2. The lowest BCUT2D eigenvalue weighted by molar-refractivity contribution is -0.137. The molecule has 7 heteroatoms. The lowest BCUT2D eigenvalue weighted by Gasteiger charge is -2.09. The molecule has 0 unspecified atom stereocenters. The minimum atomic E-state index is -4.34. The number of halogens is 4. The van der Waals surface area contributed by atoms with Crippen LogP contribution in [0.25, 0.3) is 11.3 Å². The Kier molecular flexibility index (Phi) is 3.31. The molecule has 0 saturated carbocycles. The first-order chi connectivity index (χ1) is 11.4. The second kappa shape index (κ2) is 5.27. The highest BCUT2D eigenvalue weighted by Gasteiger charge is 2.30. The Hall–Kier alpha value is -2.47. The summed E-state index contributed by atoms with van der Waals surface area (Å²) in [5.41, 5.74) is 3.81. The van der Waals surface area contributed by atoms with Gasteiger partial charge < -0.3 is 5.32 Å². The van der Waals surface area contributed by atoms with Crippen LogP contribution in [0, 0.1) is 0 Å². The summed E-state index contributed by atoms with van der Waals surface area (Å²) in [5, 5.41) is 11.0. The summed E-state index contributed by atoms with van der Waals surface area (Å²) in [6, 6.07) is 10.5. The molecule has 0 spiro atoms. The SMILES string of the molecule is FC(F)(F)c1ccc(Nc2[nH]nc3c2Cc2cc(Cl)ccc2-3)cc1. The van der Waals surface area contributed by atoms with Crippen molar-refractivity contribution in [3.8, 4) is 11.3 Å². The second-order valence-electron chi connectivity index (χ2n) is 5.60. The van der Waals surface area contributed by atoms with Gasteiger partial charge in [0.25, 0.3) is 0 Å². The van der Waals surface area contributed by atoms with E-state index in [1.807, 2.05) is 18.2 Å². The number of aromatic amines is 1. The maximum Gasteiger partial charge on any atom is 0.416 e. The fourth-order valence-corrected chi connectivity index (χ4v) is 3.08. The molecule has 1 aliphatic rings. The van der Waals surface area contributed by atoms with E-state index in [4.69, 9.17) is 11.6 Å². The average molecular weight is 350 g/mol. The first-order valence-corrected chi connectivity index (χ1v) is 7.60. The highest BCUT2D eigenvalue weighted by Crippen LogP contribution is 2.40. The Morgan fingerprint density at radius 1 is 1.08 bits per heavy atom. The zero-order valence-corrected chi connectivity index (χ0v) is 13.0. The normalized spacial score (nSPS) is 12.8. The molecule has 122 valence electrons. The van der Waals surface area contributed by atoms with Crippen molar-refractivity contribution in [1.82, 2.24) is 10.2 Å². The van der Waals surface area contributed by atoms with Crippen LogP contribution in [0.2, 0.25) is 5.02 Å². The quantitative estimate of drug-likeness (QED) is 0.509. The van der Waals surface area contributed by atoms with Gasteiger partial charge in [-0.15, -0.1) is 0 Å². The number of nitrogens with zero attached hydrogens (tertiary/aromatic N) is 1.